The van der Waals surface area contributed by atoms with Gasteiger partial charge in [-0.1, -0.05) is 29.8 Å². The maximum atomic E-state index is 12.1. The molecule has 2 aromatic carbocycles. The summed E-state index contributed by atoms with van der Waals surface area (Å²) in [5.41, 5.74) is 8.36. The first-order chi connectivity index (χ1) is 10.6. The Morgan fingerprint density at radius 3 is 2.59 bits per heavy atom. The topological polar surface area (TPSA) is 56.0 Å². The molecule has 3 nitrogen and oxygen atoms in total. The van der Waals surface area contributed by atoms with Crippen molar-refractivity contribution in [3.8, 4) is 0 Å². The number of hydrogen-bond acceptors (Lipinski definition) is 3. The van der Waals surface area contributed by atoms with Crippen LogP contribution in [-0.4, -0.2) is 10.8 Å². The van der Waals surface area contributed by atoms with Gasteiger partial charge in [-0.05, 0) is 48.6 Å². The predicted octanol–water partition coefficient (Wildman–Crippen LogP) is 4.37. The highest BCUT2D eigenvalue weighted by Gasteiger charge is 2.04. The van der Waals surface area contributed by atoms with Gasteiger partial charge in [-0.25, -0.2) is 4.98 Å². The molecule has 0 unspecified atom stereocenters. The van der Waals surface area contributed by atoms with Crippen LogP contribution in [0.25, 0.3) is 17.0 Å². The van der Waals surface area contributed by atoms with Crippen molar-refractivity contribution in [2.75, 3.05) is 5.73 Å². The Bertz CT molecular complexity index is 870. The van der Waals surface area contributed by atoms with Gasteiger partial charge in [-0.3, -0.25) is 4.79 Å². The van der Waals surface area contributed by atoms with Gasteiger partial charge in [0.15, 0.2) is 5.78 Å². The molecule has 3 rings (SSSR count). The number of nitrogens with zero attached hydrogens (tertiary/aromatic N) is 1. The summed E-state index contributed by atoms with van der Waals surface area (Å²) in [6.45, 7) is 0. The number of aromatic nitrogens is 1. The summed E-state index contributed by atoms with van der Waals surface area (Å²) in [5.74, 6) is -0.107. The Labute approximate surface area is 133 Å². The molecule has 1 aromatic heterocycles. The van der Waals surface area contributed by atoms with E-state index in [9.17, 15) is 4.79 Å². The first kappa shape index (κ1) is 14.3. The Hall–Kier alpha value is -2.65. The summed E-state index contributed by atoms with van der Waals surface area (Å²) in [5, 5.41) is 1.35. The molecule has 0 aliphatic carbocycles. The fourth-order valence-electron chi connectivity index (χ4n) is 2.13. The number of anilines is 1. The Morgan fingerprint density at radius 1 is 1.09 bits per heavy atom. The smallest absolute Gasteiger partial charge is 0.185 e. The summed E-state index contributed by atoms with van der Waals surface area (Å²) in [6.07, 6.45) is 3.17. The second-order valence-electron chi connectivity index (χ2n) is 4.88. The van der Waals surface area contributed by atoms with Gasteiger partial charge in [0.1, 0.15) is 5.15 Å². The molecular weight excluding hydrogens is 296 g/mol. The van der Waals surface area contributed by atoms with Crippen LogP contribution >= 0.6 is 11.6 Å². The number of hydrogen-bond donors (Lipinski definition) is 1. The number of para-hydroxylation sites is 1. The van der Waals surface area contributed by atoms with Crippen molar-refractivity contribution in [3.63, 3.8) is 0 Å². The second kappa shape index (κ2) is 6.00. The van der Waals surface area contributed by atoms with Gasteiger partial charge in [-0.15, -0.1) is 0 Å². The van der Waals surface area contributed by atoms with E-state index in [-0.39, 0.29) is 5.78 Å². The number of fused-ring (bicyclic) bond motifs is 1. The van der Waals surface area contributed by atoms with Crippen molar-refractivity contribution in [1.82, 2.24) is 4.98 Å². The fourth-order valence-corrected chi connectivity index (χ4v) is 2.34. The molecule has 0 amide bonds. The van der Waals surface area contributed by atoms with E-state index in [0.29, 0.717) is 22.0 Å². The van der Waals surface area contributed by atoms with Crippen LogP contribution in [0.1, 0.15) is 15.9 Å². The van der Waals surface area contributed by atoms with E-state index in [1.54, 1.807) is 30.3 Å². The minimum Gasteiger partial charge on any atom is -0.399 e. The Balaban J connectivity index is 1.90. The number of carbonyl (C=O) groups excluding carboxylic acids is 1. The van der Waals surface area contributed by atoms with Crippen LogP contribution in [0.2, 0.25) is 5.15 Å². The zero-order chi connectivity index (χ0) is 15.5. The number of allylic oxidation sites excluding steroid dienone is 1. The van der Waals surface area contributed by atoms with Crippen LogP contribution in [0.15, 0.2) is 60.7 Å². The number of ketones is 1. The van der Waals surface area contributed by atoms with Gasteiger partial charge in [0.25, 0.3) is 0 Å². The highest BCUT2D eigenvalue weighted by molar-refractivity contribution is 6.31. The van der Waals surface area contributed by atoms with Crippen LogP contribution in [-0.2, 0) is 0 Å². The van der Waals surface area contributed by atoms with Crippen LogP contribution in [0.5, 0.6) is 0 Å². The van der Waals surface area contributed by atoms with E-state index in [1.807, 2.05) is 30.3 Å². The molecule has 0 radical (unpaired) electrons. The third-order valence-electron chi connectivity index (χ3n) is 3.31. The van der Waals surface area contributed by atoms with Crippen molar-refractivity contribution in [2.45, 2.75) is 0 Å². The highest BCUT2D eigenvalue weighted by atomic mass is 35.5. The monoisotopic (exact) mass is 308 g/mol. The van der Waals surface area contributed by atoms with E-state index < -0.39 is 0 Å². The fraction of sp³-hybridized carbons (Fsp3) is 0. The number of benzene rings is 2. The molecule has 0 spiro atoms. The first-order valence-electron chi connectivity index (χ1n) is 6.77. The van der Waals surface area contributed by atoms with Gasteiger partial charge in [-0.2, -0.15) is 0 Å². The summed E-state index contributed by atoms with van der Waals surface area (Å²) in [7, 11) is 0. The summed E-state index contributed by atoms with van der Waals surface area (Å²) >= 11 is 6.16. The minimum atomic E-state index is -0.107. The molecule has 22 heavy (non-hydrogen) atoms. The predicted molar refractivity (Wildman–Crippen MR) is 91.0 cm³/mol. The summed E-state index contributed by atoms with van der Waals surface area (Å²) < 4.78 is 0. The molecule has 0 saturated carbocycles. The number of halogens is 1. The Morgan fingerprint density at radius 2 is 1.82 bits per heavy atom. The van der Waals surface area contributed by atoms with Gasteiger partial charge < -0.3 is 5.73 Å². The van der Waals surface area contributed by atoms with Crippen molar-refractivity contribution >= 4 is 40.1 Å². The zero-order valence-electron chi connectivity index (χ0n) is 11.7. The molecule has 108 valence electrons. The van der Waals surface area contributed by atoms with Gasteiger partial charge in [0.2, 0.25) is 0 Å². The maximum absolute atomic E-state index is 12.1. The lowest BCUT2D eigenvalue weighted by atomic mass is 10.1. The molecule has 0 aliphatic rings. The lowest BCUT2D eigenvalue weighted by Gasteiger charge is -2.02. The SMILES string of the molecule is Nc1ccc(C(=O)/C=C/c2cc3ccccc3nc2Cl)cc1. The number of pyridine rings is 1. The number of nitrogen functional groups attached to an aromatic ring is 1. The van der Waals surface area contributed by atoms with Gasteiger partial charge in [0.05, 0.1) is 5.52 Å². The Kier molecular flexibility index (Phi) is 3.90. The molecule has 0 atom stereocenters. The zero-order valence-corrected chi connectivity index (χ0v) is 12.4. The number of carbonyl (C=O) groups is 1. The highest BCUT2D eigenvalue weighted by Crippen LogP contribution is 2.21. The maximum Gasteiger partial charge on any atom is 0.185 e. The molecule has 0 fully saturated rings. The van der Waals surface area contributed by atoms with E-state index in [2.05, 4.69) is 4.98 Å². The lowest BCUT2D eigenvalue weighted by molar-refractivity contribution is 0.104. The second-order valence-corrected chi connectivity index (χ2v) is 5.24. The molecule has 4 heteroatoms. The third-order valence-corrected chi connectivity index (χ3v) is 3.62. The van der Waals surface area contributed by atoms with Crippen molar-refractivity contribution in [1.29, 1.82) is 0 Å². The minimum absolute atomic E-state index is 0.107. The van der Waals surface area contributed by atoms with Crippen LogP contribution in [0.3, 0.4) is 0 Å². The lowest BCUT2D eigenvalue weighted by Crippen LogP contribution is -1.95. The third kappa shape index (κ3) is 3.00. The molecule has 1 heterocycles. The molecule has 2 N–H and O–H groups in total. The van der Waals surface area contributed by atoms with E-state index in [4.69, 9.17) is 17.3 Å². The normalized spacial score (nSPS) is 11.1. The molecule has 3 aromatic rings. The van der Waals surface area contributed by atoms with E-state index in [1.165, 1.54) is 6.08 Å². The average molecular weight is 309 g/mol. The number of rotatable bonds is 3. The number of nitrogens with two attached hydrogens (primary N) is 1. The molecule has 0 bridgehead atoms. The van der Waals surface area contributed by atoms with Crippen LogP contribution in [0, 0.1) is 0 Å². The van der Waals surface area contributed by atoms with Crippen LogP contribution < -0.4 is 5.73 Å². The van der Waals surface area contributed by atoms with Crippen LogP contribution in [0.4, 0.5) is 5.69 Å². The molecule has 0 aliphatic heterocycles. The summed E-state index contributed by atoms with van der Waals surface area (Å²) in [6, 6.07) is 16.4. The van der Waals surface area contributed by atoms with Gasteiger partial charge in [0, 0.05) is 22.2 Å². The van der Waals surface area contributed by atoms with Crippen molar-refractivity contribution < 1.29 is 4.79 Å². The molecule has 0 saturated heterocycles. The average Bonchev–Trinajstić information content (AvgIpc) is 2.53. The standard InChI is InChI=1S/C18H13ClN2O/c19-18-14(11-13-3-1-2-4-16(13)21-18)7-10-17(22)12-5-8-15(20)9-6-12/h1-11H,20H2/b10-7+. The summed E-state index contributed by atoms with van der Waals surface area (Å²) in [4.78, 5) is 16.4. The van der Waals surface area contributed by atoms with E-state index in [0.717, 1.165) is 10.9 Å². The first-order valence-corrected chi connectivity index (χ1v) is 7.14. The molecular formula is C18H13ClN2O. The van der Waals surface area contributed by atoms with Crippen molar-refractivity contribution in [3.05, 3.63) is 77.0 Å². The van der Waals surface area contributed by atoms with E-state index >= 15 is 0 Å². The van der Waals surface area contributed by atoms with Crippen molar-refractivity contribution in [2.24, 2.45) is 0 Å². The van der Waals surface area contributed by atoms with Gasteiger partial charge >= 0.3 is 0 Å². The largest absolute Gasteiger partial charge is 0.399 e. The quantitative estimate of drug-likeness (QED) is 0.338.